The van der Waals surface area contributed by atoms with Crippen LogP contribution in [-0.2, 0) is 10.0 Å². The van der Waals surface area contributed by atoms with E-state index >= 15 is 0 Å². The minimum absolute atomic E-state index is 0.0760. The van der Waals surface area contributed by atoms with Crippen LogP contribution in [0.15, 0.2) is 17.2 Å². The van der Waals surface area contributed by atoms with E-state index < -0.39 is 10.0 Å². The molecule has 0 aromatic carbocycles. The molecule has 0 spiro atoms. The zero-order valence-corrected chi connectivity index (χ0v) is 13.1. The third kappa shape index (κ3) is 4.63. The van der Waals surface area contributed by atoms with Crippen molar-refractivity contribution >= 4 is 27.4 Å². The van der Waals surface area contributed by atoms with Crippen molar-refractivity contribution in [3.8, 4) is 0 Å². The monoisotopic (exact) mass is 305 g/mol. The molecule has 0 radical (unpaired) electrons. The minimum Gasteiger partial charge on any atom is -0.372 e. The summed E-state index contributed by atoms with van der Waals surface area (Å²) in [6, 6.07) is 1.26. The fraction of sp³-hybridized carbons (Fsp3) is 0.583. The summed E-state index contributed by atoms with van der Waals surface area (Å²) in [5.41, 5.74) is 0. The summed E-state index contributed by atoms with van der Waals surface area (Å²) < 4.78 is 26.9. The van der Waals surface area contributed by atoms with Crippen LogP contribution in [-0.4, -0.2) is 26.5 Å². The Morgan fingerprint density at radius 1 is 1.37 bits per heavy atom. The van der Waals surface area contributed by atoms with Gasteiger partial charge in [-0.2, -0.15) is 0 Å². The summed E-state index contributed by atoms with van der Waals surface area (Å²) in [7, 11) is -1.91. The van der Waals surface area contributed by atoms with Gasteiger partial charge in [0.05, 0.1) is 5.02 Å². The third-order valence-electron chi connectivity index (χ3n) is 2.54. The standard InChI is InChI=1S/C12H20ClN3O2S/c1-8(2)5-9(3)16-19(17,18)10-6-11(13)12(14-4)15-7-10/h6-9,16H,5H2,1-4H3,(H,14,15). The Morgan fingerprint density at radius 2 is 2.00 bits per heavy atom. The number of rotatable bonds is 6. The average Bonchev–Trinajstić information content (AvgIpc) is 2.26. The van der Waals surface area contributed by atoms with E-state index in [0.29, 0.717) is 11.7 Å². The maximum absolute atomic E-state index is 12.1. The van der Waals surface area contributed by atoms with E-state index in [4.69, 9.17) is 11.6 Å². The van der Waals surface area contributed by atoms with Crippen molar-refractivity contribution in [2.45, 2.75) is 38.1 Å². The van der Waals surface area contributed by atoms with Crippen LogP contribution < -0.4 is 10.0 Å². The van der Waals surface area contributed by atoms with E-state index in [-0.39, 0.29) is 16.0 Å². The lowest BCUT2D eigenvalue weighted by Crippen LogP contribution is -2.33. The zero-order valence-electron chi connectivity index (χ0n) is 11.6. The molecule has 0 aliphatic heterocycles. The van der Waals surface area contributed by atoms with Gasteiger partial charge in [0.15, 0.2) is 0 Å². The van der Waals surface area contributed by atoms with E-state index in [1.807, 2.05) is 20.8 Å². The van der Waals surface area contributed by atoms with Crippen molar-refractivity contribution in [3.63, 3.8) is 0 Å². The predicted octanol–water partition coefficient (Wildman–Crippen LogP) is 2.49. The molecule has 0 amide bonds. The number of anilines is 1. The Bertz CT molecular complexity index is 532. The molecule has 1 unspecified atom stereocenters. The topological polar surface area (TPSA) is 71.1 Å². The van der Waals surface area contributed by atoms with Crippen LogP contribution in [0.1, 0.15) is 27.2 Å². The molecule has 1 atom stereocenters. The molecule has 5 nitrogen and oxygen atoms in total. The Morgan fingerprint density at radius 3 is 2.47 bits per heavy atom. The second-order valence-electron chi connectivity index (χ2n) is 4.90. The molecule has 7 heteroatoms. The minimum atomic E-state index is -3.58. The van der Waals surface area contributed by atoms with Gasteiger partial charge in [-0.25, -0.2) is 18.1 Å². The first-order chi connectivity index (χ1) is 8.76. The van der Waals surface area contributed by atoms with E-state index in [0.717, 1.165) is 6.42 Å². The molecule has 0 saturated heterocycles. The highest BCUT2D eigenvalue weighted by molar-refractivity contribution is 7.89. The fourth-order valence-electron chi connectivity index (χ4n) is 1.84. The lowest BCUT2D eigenvalue weighted by Gasteiger charge is -2.16. The maximum Gasteiger partial charge on any atom is 0.242 e. The molecule has 1 heterocycles. The molecule has 1 aromatic rings. The number of nitrogens with zero attached hydrogens (tertiary/aromatic N) is 1. The van der Waals surface area contributed by atoms with Crippen molar-refractivity contribution < 1.29 is 8.42 Å². The van der Waals surface area contributed by atoms with Crippen LogP contribution in [0.2, 0.25) is 5.02 Å². The van der Waals surface area contributed by atoms with Crippen LogP contribution in [0, 0.1) is 5.92 Å². The molecule has 1 aromatic heterocycles. The molecular weight excluding hydrogens is 286 g/mol. The summed E-state index contributed by atoms with van der Waals surface area (Å²) in [6.45, 7) is 5.93. The van der Waals surface area contributed by atoms with Gasteiger partial charge in [-0.05, 0) is 25.3 Å². The van der Waals surface area contributed by atoms with Crippen LogP contribution in [0.5, 0.6) is 0 Å². The smallest absolute Gasteiger partial charge is 0.242 e. The molecule has 0 bridgehead atoms. The molecule has 0 aliphatic rings. The first-order valence-electron chi connectivity index (χ1n) is 6.12. The van der Waals surface area contributed by atoms with Gasteiger partial charge in [-0.3, -0.25) is 0 Å². The number of nitrogens with one attached hydrogen (secondary N) is 2. The second-order valence-corrected chi connectivity index (χ2v) is 7.02. The highest BCUT2D eigenvalue weighted by atomic mass is 35.5. The number of sulfonamides is 1. The molecule has 108 valence electrons. The summed E-state index contributed by atoms with van der Waals surface area (Å²) in [5, 5.41) is 3.06. The predicted molar refractivity (Wildman–Crippen MR) is 78.0 cm³/mol. The lowest BCUT2D eigenvalue weighted by molar-refractivity contribution is 0.482. The number of halogens is 1. The average molecular weight is 306 g/mol. The fourth-order valence-corrected chi connectivity index (χ4v) is 3.39. The Hall–Kier alpha value is -0.850. The Balaban J connectivity index is 2.91. The molecule has 0 fully saturated rings. The van der Waals surface area contributed by atoms with Gasteiger partial charge in [0.25, 0.3) is 0 Å². The van der Waals surface area contributed by atoms with Gasteiger partial charge >= 0.3 is 0 Å². The molecule has 0 aliphatic carbocycles. The van der Waals surface area contributed by atoms with Gasteiger partial charge < -0.3 is 5.32 Å². The number of aromatic nitrogens is 1. The van der Waals surface area contributed by atoms with E-state index in [9.17, 15) is 8.42 Å². The molecule has 19 heavy (non-hydrogen) atoms. The first-order valence-corrected chi connectivity index (χ1v) is 7.98. The molecule has 0 saturated carbocycles. The molecular formula is C12H20ClN3O2S. The first kappa shape index (κ1) is 16.2. The van der Waals surface area contributed by atoms with Crippen molar-refractivity contribution in [2.75, 3.05) is 12.4 Å². The normalized spacial score (nSPS) is 13.6. The highest BCUT2D eigenvalue weighted by Crippen LogP contribution is 2.22. The lowest BCUT2D eigenvalue weighted by atomic mass is 10.1. The summed E-state index contributed by atoms with van der Waals surface area (Å²) in [5.74, 6) is 0.877. The zero-order chi connectivity index (χ0) is 14.6. The highest BCUT2D eigenvalue weighted by Gasteiger charge is 2.19. The Labute approximate surface area is 119 Å². The van der Waals surface area contributed by atoms with Gasteiger partial charge in [0, 0.05) is 19.3 Å². The van der Waals surface area contributed by atoms with Gasteiger partial charge in [0.2, 0.25) is 10.0 Å². The van der Waals surface area contributed by atoms with Gasteiger partial charge in [0.1, 0.15) is 10.7 Å². The van der Waals surface area contributed by atoms with Crippen LogP contribution in [0.3, 0.4) is 0 Å². The Kier molecular flexibility index (Phi) is 5.58. The van der Waals surface area contributed by atoms with Crippen molar-refractivity contribution in [1.29, 1.82) is 0 Å². The SMILES string of the molecule is CNc1ncc(S(=O)(=O)NC(C)CC(C)C)cc1Cl. The second kappa shape index (κ2) is 6.54. The van der Waals surface area contributed by atoms with Crippen LogP contribution in [0.25, 0.3) is 0 Å². The summed E-state index contributed by atoms with van der Waals surface area (Å²) in [4.78, 5) is 4.05. The largest absolute Gasteiger partial charge is 0.372 e. The summed E-state index contributed by atoms with van der Waals surface area (Å²) >= 11 is 5.94. The number of hydrogen-bond acceptors (Lipinski definition) is 4. The van der Waals surface area contributed by atoms with Crippen molar-refractivity contribution in [2.24, 2.45) is 5.92 Å². The molecule has 1 rings (SSSR count). The quantitative estimate of drug-likeness (QED) is 0.847. The van der Waals surface area contributed by atoms with Crippen LogP contribution >= 0.6 is 11.6 Å². The summed E-state index contributed by atoms with van der Waals surface area (Å²) in [6.07, 6.45) is 2.07. The number of hydrogen-bond donors (Lipinski definition) is 2. The van der Waals surface area contributed by atoms with Crippen LogP contribution in [0.4, 0.5) is 5.82 Å². The van der Waals surface area contributed by atoms with Crippen molar-refractivity contribution in [3.05, 3.63) is 17.3 Å². The van der Waals surface area contributed by atoms with Gasteiger partial charge in [-0.1, -0.05) is 25.4 Å². The third-order valence-corrected chi connectivity index (χ3v) is 4.39. The van der Waals surface area contributed by atoms with E-state index in [2.05, 4.69) is 15.0 Å². The van der Waals surface area contributed by atoms with E-state index in [1.165, 1.54) is 12.3 Å². The number of pyridine rings is 1. The van der Waals surface area contributed by atoms with E-state index in [1.54, 1.807) is 7.05 Å². The molecule has 2 N–H and O–H groups in total. The van der Waals surface area contributed by atoms with Gasteiger partial charge in [-0.15, -0.1) is 0 Å². The maximum atomic E-state index is 12.1. The van der Waals surface area contributed by atoms with Crippen molar-refractivity contribution in [1.82, 2.24) is 9.71 Å².